The highest BCUT2D eigenvalue weighted by Gasteiger charge is 2.17. The molecule has 1 N–H and O–H groups in total. The third-order valence-corrected chi connectivity index (χ3v) is 3.85. The van der Waals surface area contributed by atoms with Crippen molar-refractivity contribution < 1.29 is 9.21 Å². The van der Waals surface area contributed by atoms with E-state index in [9.17, 15) is 4.79 Å². The number of amides is 1. The van der Waals surface area contributed by atoms with E-state index in [4.69, 9.17) is 4.42 Å². The molecule has 8 heteroatoms. The maximum absolute atomic E-state index is 12.0. The highest BCUT2D eigenvalue weighted by atomic mass is 16.3. The molecular weight excluding hydrogens is 308 g/mol. The topological polar surface area (TPSA) is 87.4 Å². The summed E-state index contributed by atoms with van der Waals surface area (Å²) >= 11 is 0. The lowest BCUT2D eigenvalue weighted by Gasteiger charge is -2.27. The lowest BCUT2D eigenvalue weighted by molar-refractivity contribution is 0.0922. The predicted molar refractivity (Wildman–Crippen MR) is 90.1 cm³/mol. The first-order chi connectivity index (χ1) is 11.6. The first-order valence-electron chi connectivity index (χ1n) is 8.12. The van der Waals surface area contributed by atoms with Crippen LogP contribution < -0.4 is 15.1 Å². The Morgan fingerprint density at radius 1 is 1.25 bits per heavy atom. The Balaban J connectivity index is 1.75. The van der Waals surface area contributed by atoms with Crippen LogP contribution in [0.2, 0.25) is 0 Å². The molecule has 1 amide bonds. The van der Waals surface area contributed by atoms with E-state index in [1.165, 1.54) is 12.7 Å². The molecule has 3 heterocycles. The van der Waals surface area contributed by atoms with Gasteiger partial charge < -0.3 is 19.5 Å². The number of hydrogen-bond acceptors (Lipinski definition) is 7. The van der Waals surface area contributed by atoms with Crippen LogP contribution in [0, 0.1) is 0 Å². The first-order valence-corrected chi connectivity index (χ1v) is 8.12. The Kier molecular flexibility index (Phi) is 4.93. The first kappa shape index (κ1) is 16.2. The van der Waals surface area contributed by atoms with Crippen LogP contribution in [0.3, 0.4) is 0 Å². The molecule has 0 unspecified atom stereocenters. The SMILES string of the molecule is CN(C)c1nc(CNC(=O)c2ccco2)nc(N2CCCCC2)n1. The number of anilines is 2. The zero-order valence-corrected chi connectivity index (χ0v) is 14.0. The van der Waals surface area contributed by atoms with E-state index in [0.717, 1.165) is 25.9 Å². The van der Waals surface area contributed by atoms with Crippen molar-refractivity contribution in [2.24, 2.45) is 0 Å². The second kappa shape index (κ2) is 7.29. The van der Waals surface area contributed by atoms with Gasteiger partial charge in [0, 0.05) is 27.2 Å². The number of aromatic nitrogens is 3. The third kappa shape index (κ3) is 3.81. The minimum Gasteiger partial charge on any atom is -0.459 e. The number of furan rings is 1. The van der Waals surface area contributed by atoms with Crippen molar-refractivity contribution in [1.82, 2.24) is 20.3 Å². The van der Waals surface area contributed by atoms with Gasteiger partial charge in [0.25, 0.3) is 5.91 Å². The van der Waals surface area contributed by atoms with E-state index >= 15 is 0 Å². The van der Waals surface area contributed by atoms with Crippen molar-refractivity contribution in [2.75, 3.05) is 37.0 Å². The number of carbonyl (C=O) groups excluding carboxylic acids is 1. The normalized spacial score (nSPS) is 14.5. The van der Waals surface area contributed by atoms with Crippen LogP contribution in [0.5, 0.6) is 0 Å². The van der Waals surface area contributed by atoms with Crippen LogP contribution in [0.1, 0.15) is 35.6 Å². The average molecular weight is 330 g/mol. The molecular formula is C16H22N6O2. The second-order valence-electron chi connectivity index (χ2n) is 5.95. The molecule has 24 heavy (non-hydrogen) atoms. The molecule has 1 aliphatic heterocycles. The van der Waals surface area contributed by atoms with Crippen molar-refractivity contribution in [3.8, 4) is 0 Å². The van der Waals surface area contributed by atoms with Crippen LogP contribution in [0.25, 0.3) is 0 Å². The number of hydrogen-bond donors (Lipinski definition) is 1. The standard InChI is InChI=1S/C16H22N6O2/c1-21(2)15-18-13(11-17-14(23)12-7-6-10-24-12)19-16(20-15)22-8-4-3-5-9-22/h6-7,10H,3-5,8-9,11H2,1-2H3,(H,17,23). The van der Waals surface area contributed by atoms with Crippen LogP contribution in [0.4, 0.5) is 11.9 Å². The highest BCUT2D eigenvalue weighted by Crippen LogP contribution is 2.17. The number of nitrogens with zero attached hydrogens (tertiary/aromatic N) is 5. The van der Waals surface area contributed by atoms with Gasteiger partial charge in [0.1, 0.15) is 0 Å². The van der Waals surface area contributed by atoms with Gasteiger partial charge in [-0.15, -0.1) is 0 Å². The molecule has 8 nitrogen and oxygen atoms in total. The summed E-state index contributed by atoms with van der Waals surface area (Å²) in [4.78, 5) is 29.5. The molecule has 1 aliphatic rings. The zero-order chi connectivity index (χ0) is 16.9. The minimum atomic E-state index is -0.286. The second-order valence-corrected chi connectivity index (χ2v) is 5.95. The fourth-order valence-electron chi connectivity index (χ4n) is 2.56. The molecule has 1 fully saturated rings. The monoisotopic (exact) mass is 330 g/mol. The summed E-state index contributed by atoms with van der Waals surface area (Å²) in [5, 5.41) is 2.78. The van der Waals surface area contributed by atoms with Crippen LogP contribution in [0.15, 0.2) is 22.8 Å². The Morgan fingerprint density at radius 3 is 2.71 bits per heavy atom. The highest BCUT2D eigenvalue weighted by molar-refractivity contribution is 5.91. The summed E-state index contributed by atoms with van der Waals surface area (Å²) in [6.45, 7) is 2.13. The maximum Gasteiger partial charge on any atom is 0.287 e. The van der Waals surface area contributed by atoms with Gasteiger partial charge >= 0.3 is 0 Å². The molecule has 0 aliphatic carbocycles. The summed E-state index contributed by atoms with van der Waals surface area (Å²) in [6.07, 6.45) is 5.01. The van der Waals surface area contributed by atoms with Crippen molar-refractivity contribution in [3.63, 3.8) is 0 Å². The summed E-state index contributed by atoms with van der Waals surface area (Å²) in [6, 6.07) is 3.30. The van der Waals surface area contributed by atoms with E-state index in [1.54, 1.807) is 12.1 Å². The molecule has 0 saturated carbocycles. The largest absolute Gasteiger partial charge is 0.459 e. The third-order valence-electron chi connectivity index (χ3n) is 3.85. The summed E-state index contributed by atoms with van der Waals surface area (Å²) in [5.74, 6) is 1.79. The molecule has 0 spiro atoms. The van der Waals surface area contributed by atoms with E-state index < -0.39 is 0 Å². The lowest BCUT2D eigenvalue weighted by Crippen LogP contribution is -2.32. The van der Waals surface area contributed by atoms with Gasteiger partial charge in [-0.25, -0.2) is 0 Å². The number of piperidine rings is 1. The predicted octanol–water partition coefficient (Wildman–Crippen LogP) is 1.45. The minimum absolute atomic E-state index is 0.226. The number of rotatable bonds is 5. The Hall–Kier alpha value is -2.64. The Bertz CT molecular complexity index is 680. The Morgan fingerprint density at radius 2 is 2.04 bits per heavy atom. The average Bonchev–Trinajstić information content (AvgIpc) is 3.15. The smallest absolute Gasteiger partial charge is 0.287 e. The Labute approximate surface area is 140 Å². The summed E-state index contributed by atoms with van der Waals surface area (Å²) in [5.41, 5.74) is 0. The van der Waals surface area contributed by atoms with Crippen molar-refractivity contribution >= 4 is 17.8 Å². The molecule has 2 aromatic heterocycles. The molecule has 3 rings (SSSR count). The van der Waals surface area contributed by atoms with Gasteiger partial charge in [-0.3, -0.25) is 4.79 Å². The molecule has 0 atom stereocenters. The summed E-state index contributed by atoms with van der Waals surface area (Å²) in [7, 11) is 3.78. The van der Waals surface area contributed by atoms with Gasteiger partial charge in [-0.1, -0.05) is 0 Å². The molecule has 0 radical (unpaired) electrons. The fourth-order valence-corrected chi connectivity index (χ4v) is 2.56. The van der Waals surface area contributed by atoms with E-state index in [-0.39, 0.29) is 18.2 Å². The van der Waals surface area contributed by atoms with Gasteiger partial charge in [-0.2, -0.15) is 15.0 Å². The molecule has 0 bridgehead atoms. The van der Waals surface area contributed by atoms with Crippen molar-refractivity contribution in [2.45, 2.75) is 25.8 Å². The van der Waals surface area contributed by atoms with E-state index in [2.05, 4.69) is 25.2 Å². The van der Waals surface area contributed by atoms with Gasteiger partial charge in [-0.05, 0) is 31.4 Å². The number of nitrogens with one attached hydrogen (secondary N) is 1. The zero-order valence-electron chi connectivity index (χ0n) is 14.0. The lowest BCUT2D eigenvalue weighted by atomic mass is 10.1. The van der Waals surface area contributed by atoms with E-state index in [1.807, 2.05) is 19.0 Å². The van der Waals surface area contributed by atoms with Gasteiger partial charge in [0.05, 0.1) is 12.8 Å². The van der Waals surface area contributed by atoms with Gasteiger partial charge in [0.2, 0.25) is 11.9 Å². The van der Waals surface area contributed by atoms with E-state index in [0.29, 0.717) is 17.7 Å². The molecule has 128 valence electrons. The molecule has 1 saturated heterocycles. The molecule has 0 aromatic carbocycles. The maximum atomic E-state index is 12.0. The molecule has 2 aromatic rings. The van der Waals surface area contributed by atoms with Crippen LogP contribution in [-0.2, 0) is 6.54 Å². The number of carbonyl (C=O) groups is 1. The van der Waals surface area contributed by atoms with Crippen molar-refractivity contribution in [3.05, 3.63) is 30.0 Å². The van der Waals surface area contributed by atoms with Gasteiger partial charge in [0.15, 0.2) is 11.6 Å². The van der Waals surface area contributed by atoms with Crippen LogP contribution in [-0.4, -0.2) is 48.0 Å². The quantitative estimate of drug-likeness (QED) is 0.887. The summed E-state index contributed by atoms with van der Waals surface area (Å²) < 4.78 is 5.08. The van der Waals surface area contributed by atoms with Crippen LogP contribution >= 0.6 is 0 Å². The fraction of sp³-hybridized carbons (Fsp3) is 0.500. The van der Waals surface area contributed by atoms with Crippen molar-refractivity contribution in [1.29, 1.82) is 0 Å².